The van der Waals surface area contributed by atoms with E-state index in [1.165, 1.54) is 6.92 Å². The average molecular weight is 347 g/mol. The van der Waals surface area contributed by atoms with E-state index in [4.69, 9.17) is 14.7 Å². The van der Waals surface area contributed by atoms with Crippen LogP contribution in [0.1, 0.15) is 26.3 Å². The molecule has 8 heteroatoms. The maximum absolute atomic E-state index is 11.8. The molecule has 0 aliphatic carbocycles. The monoisotopic (exact) mass is 347 g/mol. The van der Waals surface area contributed by atoms with Crippen molar-refractivity contribution < 1.29 is 23.9 Å². The van der Waals surface area contributed by atoms with Gasteiger partial charge < -0.3 is 20.1 Å². The van der Waals surface area contributed by atoms with Gasteiger partial charge in [0.1, 0.15) is 5.75 Å². The predicted molar refractivity (Wildman–Crippen MR) is 88.5 cm³/mol. The number of carbonyl (C=O) groups is 3. The van der Waals surface area contributed by atoms with E-state index in [0.29, 0.717) is 11.3 Å². The Balaban J connectivity index is 2.33. The average Bonchev–Trinajstić information content (AvgIpc) is 2.57. The maximum atomic E-state index is 11.8. The van der Waals surface area contributed by atoms with Gasteiger partial charge in [-0.25, -0.2) is 4.79 Å². The summed E-state index contributed by atoms with van der Waals surface area (Å²) in [4.78, 5) is 34.7. The van der Waals surface area contributed by atoms with Crippen LogP contribution in [0.2, 0.25) is 0 Å². The first-order valence-corrected chi connectivity index (χ1v) is 7.71. The van der Waals surface area contributed by atoms with Crippen LogP contribution in [0.3, 0.4) is 0 Å². The number of hydrogen-bond donors (Lipinski definition) is 2. The molecule has 1 aromatic carbocycles. The minimum absolute atomic E-state index is 0.0255. The van der Waals surface area contributed by atoms with E-state index in [-0.39, 0.29) is 18.5 Å². The highest BCUT2D eigenvalue weighted by atomic mass is 16.6. The molecule has 1 rings (SSSR count). The van der Waals surface area contributed by atoms with Crippen molar-refractivity contribution in [3.63, 3.8) is 0 Å². The molecule has 1 atom stereocenters. The Hall–Kier alpha value is -3.08. The summed E-state index contributed by atoms with van der Waals surface area (Å²) in [5.41, 5.74) is 0.473. The van der Waals surface area contributed by atoms with Gasteiger partial charge in [0.2, 0.25) is 5.91 Å². The van der Waals surface area contributed by atoms with Crippen LogP contribution in [0.15, 0.2) is 24.3 Å². The highest BCUT2D eigenvalue weighted by molar-refractivity contribution is 5.86. The molecule has 25 heavy (non-hydrogen) atoms. The first kappa shape index (κ1) is 20.0. The van der Waals surface area contributed by atoms with Crippen LogP contribution in [-0.2, 0) is 19.1 Å². The maximum Gasteiger partial charge on any atom is 0.347 e. The largest absolute Gasteiger partial charge is 0.479 e. The molecule has 0 unspecified atom stereocenters. The minimum Gasteiger partial charge on any atom is -0.479 e. The van der Waals surface area contributed by atoms with E-state index in [1.54, 1.807) is 38.1 Å². The molecule has 0 radical (unpaired) electrons. The second-order valence-electron chi connectivity index (χ2n) is 5.50. The number of nitriles is 1. The highest BCUT2D eigenvalue weighted by Gasteiger charge is 2.18. The zero-order chi connectivity index (χ0) is 18.8. The Kier molecular flexibility index (Phi) is 7.93. The van der Waals surface area contributed by atoms with Gasteiger partial charge in [0.25, 0.3) is 5.91 Å². The fourth-order valence-corrected chi connectivity index (χ4v) is 1.72. The molecule has 0 aliphatic rings. The number of nitrogens with zero attached hydrogens (tertiary/aromatic N) is 1. The van der Waals surface area contributed by atoms with Gasteiger partial charge in [0.15, 0.2) is 12.7 Å². The van der Waals surface area contributed by atoms with Crippen molar-refractivity contribution in [2.75, 3.05) is 13.2 Å². The van der Waals surface area contributed by atoms with Crippen LogP contribution < -0.4 is 15.4 Å². The van der Waals surface area contributed by atoms with E-state index in [9.17, 15) is 14.4 Å². The quantitative estimate of drug-likeness (QED) is 0.662. The Labute approximate surface area is 146 Å². The standard InChI is InChI=1S/C17H21N3O5/c1-11(2)20-15(21)9-19-16(22)10-24-17(23)12(3)25-14-6-4-13(8-18)5-7-14/h4-7,11-12H,9-10H2,1-3H3,(H,19,22)(H,20,21)/t12-/m0/s1. The topological polar surface area (TPSA) is 118 Å². The Morgan fingerprint density at radius 1 is 1.12 bits per heavy atom. The van der Waals surface area contributed by atoms with Gasteiger partial charge in [-0.1, -0.05) is 0 Å². The van der Waals surface area contributed by atoms with Gasteiger partial charge in [-0.2, -0.15) is 5.26 Å². The number of nitrogens with one attached hydrogen (secondary N) is 2. The van der Waals surface area contributed by atoms with Crippen LogP contribution in [-0.4, -0.2) is 43.1 Å². The predicted octanol–water partition coefficient (Wildman–Crippen LogP) is 0.510. The molecule has 0 heterocycles. The van der Waals surface area contributed by atoms with Crippen LogP contribution in [0, 0.1) is 11.3 Å². The lowest BCUT2D eigenvalue weighted by Crippen LogP contribution is -2.41. The van der Waals surface area contributed by atoms with Crippen molar-refractivity contribution in [2.45, 2.75) is 32.9 Å². The number of benzene rings is 1. The molecule has 0 saturated carbocycles. The first-order chi connectivity index (χ1) is 11.8. The molecule has 2 amide bonds. The summed E-state index contributed by atoms with van der Waals surface area (Å²) >= 11 is 0. The fraction of sp³-hybridized carbons (Fsp3) is 0.412. The van der Waals surface area contributed by atoms with Gasteiger partial charge in [0, 0.05) is 6.04 Å². The third-order valence-corrected chi connectivity index (χ3v) is 2.87. The van der Waals surface area contributed by atoms with E-state index < -0.39 is 24.6 Å². The number of esters is 1. The van der Waals surface area contributed by atoms with Crippen molar-refractivity contribution >= 4 is 17.8 Å². The summed E-state index contributed by atoms with van der Waals surface area (Å²) in [5.74, 6) is -1.23. The molecule has 0 fully saturated rings. The smallest absolute Gasteiger partial charge is 0.347 e. The first-order valence-electron chi connectivity index (χ1n) is 7.71. The van der Waals surface area contributed by atoms with Crippen molar-refractivity contribution in [3.05, 3.63) is 29.8 Å². The van der Waals surface area contributed by atoms with Gasteiger partial charge in [0.05, 0.1) is 18.2 Å². The van der Waals surface area contributed by atoms with Gasteiger partial charge >= 0.3 is 5.97 Å². The normalized spacial score (nSPS) is 11.2. The third-order valence-electron chi connectivity index (χ3n) is 2.87. The van der Waals surface area contributed by atoms with Crippen LogP contribution in [0.5, 0.6) is 5.75 Å². The summed E-state index contributed by atoms with van der Waals surface area (Å²) in [6, 6.07) is 8.18. The molecule has 1 aromatic rings. The summed E-state index contributed by atoms with van der Waals surface area (Å²) in [6.45, 7) is 4.39. The molecule has 0 aliphatic heterocycles. The van der Waals surface area contributed by atoms with E-state index in [1.807, 2.05) is 6.07 Å². The van der Waals surface area contributed by atoms with Crippen LogP contribution in [0.4, 0.5) is 0 Å². The van der Waals surface area contributed by atoms with Crippen molar-refractivity contribution in [1.82, 2.24) is 10.6 Å². The Bertz CT molecular complexity index is 649. The number of amides is 2. The second-order valence-corrected chi connectivity index (χ2v) is 5.50. The van der Waals surface area contributed by atoms with E-state index >= 15 is 0 Å². The van der Waals surface area contributed by atoms with Gasteiger partial charge in [-0.3, -0.25) is 9.59 Å². The van der Waals surface area contributed by atoms with E-state index in [0.717, 1.165) is 0 Å². The molecule has 0 bridgehead atoms. The molecule has 0 spiro atoms. The van der Waals surface area contributed by atoms with Crippen LogP contribution >= 0.6 is 0 Å². The summed E-state index contributed by atoms with van der Waals surface area (Å²) in [6.07, 6.45) is -0.926. The minimum atomic E-state index is -0.926. The fourth-order valence-electron chi connectivity index (χ4n) is 1.72. The lowest BCUT2D eigenvalue weighted by molar-refractivity contribution is -0.154. The number of hydrogen-bond acceptors (Lipinski definition) is 6. The molecule has 0 saturated heterocycles. The Morgan fingerprint density at radius 2 is 1.76 bits per heavy atom. The van der Waals surface area contributed by atoms with Crippen LogP contribution in [0.25, 0.3) is 0 Å². The Morgan fingerprint density at radius 3 is 2.32 bits per heavy atom. The third kappa shape index (κ3) is 7.83. The number of ether oxygens (including phenoxy) is 2. The lowest BCUT2D eigenvalue weighted by atomic mass is 10.2. The van der Waals surface area contributed by atoms with Crippen molar-refractivity contribution in [3.8, 4) is 11.8 Å². The van der Waals surface area contributed by atoms with Crippen molar-refractivity contribution in [2.24, 2.45) is 0 Å². The van der Waals surface area contributed by atoms with Crippen molar-refractivity contribution in [1.29, 1.82) is 5.26 Å². The molecular weight excluding hydrogens is 326 g/mol. The zero-order valence-electron chi connectivity index (χ0n) is 14.4. The number of rotatable bonds is 8. The second kappa shape index (κ2) is 9.93. The number of carbonyl (C=O) groups excluding carboxylic acids is 3. The summed E-state index contributed by atoms with van der Waals surface area (Å²) in [7, 11) is 0. The molecule has 8 nitrogen and oxygen atoms in total. The molecule has 134 valence electrons. The van der Waals surface area contributed by atoms with E-state index in [2.05, 4.69) is 10.6 Å². The molecule has 2 N–H and O–H groups in total. The molecule has 0 aromatic heterocycles. The highest BCUT2D eigenvalue weighted by Crippen LogP contribution is 2.13. The lowest BCUT2D eigenvalue weighted by Gasteiger charge is -2.14. The van der Waals surface area contributed by atoms with Gasteiger partial charge in [-0.15, -0.1) is 0 Å². The van der Waals surface area contributed by atoms with Gasteiger partial charge in [-0.05, 0) is 45.0 Å². The SMILES string of the molecule is CC(C)NC(=O)CNC(=O)COC(=O)[C@H](C)Oc1ccc(C#N)cc1. The summed E-state index contributed by atoms with van der Waals surface area (Å²) < 4.78 is 10.2. The zero-order valence-corrected chi connectivity index (χ0v) is 14.4. The summed E-state index contributed by atoms with van der Waals surface area (Å²) in [5, 5.41) is 13.7. The molecular formula is C17H21N3O5.